The van der Waals surface area contributed by atoms with E-state index in [0.29, 0.717) is 32.4 Å². The Balaban J connectivity index is 1.73. The van der Waals surface area contributed by atoms with Gasteiger partial charge in [0.25, 0.3) is 17.0 Å². The molecule has 4 aromatic rings. The van der Waals surface area contributed by atoms with Crippen molar-refractivity contribution in [3.05, 3.63) is 67.9 Å². The minimum Gasteiger partial charge on any atom is -0.378 e. The quantitative estimate of drug-likeness (QED) is 0.375. The fourth-order valence-electron chi connectivity index (χ4n) is 4.48. The molecular weight excluding hydrogens is 526 g/mol. The number of aromatic nitrogens is 5. The third-order valence-corrected chi connectivity index (χ3v) is 6.39. The van der Waals surface area contributed by atoms with Crippen LogP contribution in [-0.2, 0) is 18.0 Å². The molecule has 0 saturated carbocycles. The molecule has 0 radical (unpaired) electrons. The van der Waals surface area contributed by atoms with E-state index < -0.39 is 34.7 Å². The number of nitrogens with one attached hydrogen (secondary N) is 1. The number of hydrogen-bond acceptors (Lipinski definition) is 9. The summed E-state index contributed by atoms with van der Waals surface area (Å²) in [7, 11) is 1.35. The molecular formula is C24H23F4N7O4. The molecule has 1 saturated heterocycles. The van der Waals surface area contributed by atoms with Crippen molar-refractivity contribution < 1.29 is 26.8 Å². The highest BCUT2D eigenvalue weighted by atomic mass is 19.4. The minimum atomic E-state index is -4.88. The molecule has 1 N–H and O–H groups in total. The van der Waals surface area contributed by atoms with E-state index in [0.717, 1.165) is 10.7 Å². The number of ether oxygens (including phenoxy) is 1. The molecule has 0 unspecified atom stereocenters. The van der Waals surface area contributed by atoms with Crippen molar-refractivity contribution in [1.29, 1.82) is 0 Å². The zero-order valence-corrected chi connectivity index (χ0v) is 21.0. The summed E-state index contributed by atoms with van der Waals surface area (Å²) < 4.78 is 67.7. The Bertz CT molecular complexity index is 1670. The van der Waals surface area contributed by atoms with Gasteiger partial charge in [-0.2, -0.15) is 23.3 Å². The summed E-state index contributed by atoms with van der Waals surface area (Å²) in [6.45, 7) is 4.44. The Morgan fingerprint density at radius 1 is 1.13 bits per heavy atom. The van der Waals surface area contributed by atoms with Crippen LogP contribution >= 0.6 is 0 Å². The molecule has 15 heteroatoms. The first-order valence-corrected chi connectivity index (χ1v) is 11.9. The van der Waals surface area contributed by atoms with Crippen molar-refractivity contribution in [1.82, 2.24) is 24.6 Å². The van der Waals surface area contributed by atoms with E-state index in [4.69, 9.17) is 9.26 Å². The summed E-state index contributed by atoms with van der Waals surface area (Å²) in [6.07, 6.45) is -3.48. The highest BCUT2D eigenvalue weighted by Gasteiger charge is 2.35. The molecule has 1 aliphatic heterocycles. The van der Waals surface area contributed by atoms with Gasteiger partial charge in [0, 0.05) is 18.8 Å². The molecule has 206 valence electrons. The SMILES string of the molecule is Cc1noc(-c2c(=O)n(N3CCOCC3)cc3c(N[C@H](C)c4cccc(C(F)(F)F)c4F)nn(C)c(=O)c23)n1. The van der Waals surface area contributed by atoms with Crippen LogP contribution in [0, 0.1) is 12.7 Å². The van der Waals surface area contributed by atoms with Crippen LogP contribution in [0.25, 0.3) is 22.2 Å². The lowest BCUT2D eigenvalue weighted by molar-refractivity contribution is -0.140. The average Bonchev–Trinajstić information content (AvgIpc) is 3.32. The molecule has 39 heavy (non-hydrogen) atoms. The van der Waals surface area contributed by atoms with Gasteiger partial charge in [-0.15, -0.1) is 0 Å². The van der Waals surface area contributed by atoms with Crippen molar-refractivity contribution in [2.24, 2.45) is 7.05 Å². The maximum absolute atomic E-state index is 14.9. The second kappa shape index (κ2) is 9.80. The van der Waals surface area contributed by atoms with Gasteiger partial charge in [0.15, 0.2) is 11.6 Å². The first-order chi connectivity index (χ1) is 18.5. The summed E-state index contributed by atoms with van der Waals surface area (Å²) in [4.78, 5) is 31.1. The molecule has 0 bridgehead atoms. The molecule has 0 spiro atoms. The van der Waals surface area contributed by atoms with Crippen LogP contribution < -0.4 is 21.4 Å². The number of aryl methyl sites for hydroxylation is 2. The highest BCUT2D eigenvalue weighted by molar-refractivity contribution is 5.99. The number of alkyl halides is 3. The van der Waals surface area contributed by atoms with Crippen molar-refractivity contribution in [3.8, 4) is 11.5 Å². The summed E-state index contributed by atoms with van der Waals surface area (Å²) in [6, 6.07) is 1.98. The van der Waals surface area contributed by atoms with Gasteiger partial charge in [-0.3, -0.25) is 9.59 Å². The van der Waals surface area contributed by atoms with E-state index in [2.05, 4.69) is 20.6 Å². The normalized spacial score (nSPS) is 15.1. The summed E-state index contributed by atoms with van der Waals surface area (Å²) >= 11 is 0. The molecule has 4 heterocycles. The zero-order valence-electron chi connectivity index (χ0n) is 21.0. The van der Waals surface area contributed by atoms with E-state index in [1.165, 1.54) is 30.9 Å². The lowest BCUT2D eigenvalue weighted by Crippen LogP contribution is -2.49. The second-order valence-electron chi connectivity index (χ2n) is 9.01. The van der Waals surface area contributed by atoms with Crippen molar-refractivity contribution in [3.63, 3.8) is 0 Å². The van der Waals surface area contributed by atoms with E-state index in [1.807, 2.05) is 0 Å². The maximum Gasteiger partial charge on any atom is 0.419 e. The third-order valence-electron chi connectivity index (χ3n) is 6.39. The first-order valence-electron chi connectivity index (χ1n) is 11.9. The van der Waals surface area contributed by atoms with E-state index in [9.17, 15) is 27.2 Å². The number of rotatable bonds is 5. The molecule has 1 fully saturated rings. The third kappa shape index (κ3) is 4.73. The Hall–Kier alpha value is -4.27. The predicted octanol–water partition coefficient (Wildman–Crippen LogP) is 2.75. The number of nitrogens with zero attached hydrogens (tertiary/aromatic N) is 6. The molecule has 1 aromatic carbocycles. The summed E-state index contributed by atoms with van der Waals surface area (Å²) in [5, 5.41) is 12.7. The van der Waals surface area contributed by atoms with Crippen LogP contribution in [-0.4, -0.2) is 50.9 Å². The van der Waals surface area contributed by atoms with Crippen LogP contribution in [0.1, 0.15) is 29.9 Å². The number of benzene rings is 1. The van der Waals surface area contributed by atoms with Crippen molar-refractivity contribution in [2.75, 3.05) is 36.6 Å². The molecule has 5 rings (SSSR count). The Morgan fingerprint density at radius 3 is 2.49 bits per heavy atom. The maximum atomic E-state index is 14.9. The van der Waals surface area contributed by atoms with Crippen LogP contribution in [0.2, 0.25) is 0 Å². The first kappa shape index (κ1) is 26.3. The van der Waals surface area contributed by atoms with Crippen molar-refractivity contribution in [2.45, 2.75) is 26.1 Å². The smallest absolute Gasteiger partial charge is 0.378 e. The fourth-order valence-corrected chi connectivity index (χ4v) is 4.48. The molecule has 0 aliphatic carbocycles. The number of hydrogen-bond donors (Lipinski definition) is 1. The van der Waals surface area contributed by atoms with Gasteiger partial charge in [0.05, 0.1) is 48.7 Å². The number of fused-ring (bicyclic) bond motifs is 1. The number of halogens is 4. The molecule has 0 amide bonds. The number of anilines is 1. The molecule has 1 aliphatic rings. The standard InChI is InChI=1S/C24H23F4N7O4/c1-12(14-5-4-6-16(19(14)25)24(26,27)28)29-20-15-11-35(34-7-9-38-10-8-34)23(37)18(21-30-13(2)32-39-21)17(15)22(36)33(3)31-20/h4-6,11-12H,7-10H2,1-3H3,(H,29,31)/t12-/m1/s1. The van der Waals surface area contributed by atoms with Crippen molar-refractivity contribution >= 4 is 16.6 Å². The van der Waals surface area contributed by atoms with Gasteiger partial charge >= 0.3 is 6.18 Å². The summed E-state index contributed by atoms with van der Waals surface area (Å²) in [5.74, 6) is -1.35. The Morgan fingerprint density at radius 2 is 1.85 bits per heavy atom. The lowest BCUT2D eigenvalue weighted by atomic mass is 10.0. The van der Waals surface area contributed by atoms with E-state index in [1.54, 1.807) is 11.9 Å². The largest absolute Gasteiger partial charge is 0.419 e. The van der Waals surface area contributed by atoms with Crippen LogP contribution in [0.3, 0.4) is 0 Å². The van der Waals surface area contributed by atoms with Gasteiger partial charge in [0.2, 0.25) is 0 Å². The lowest BCUT2D eigenvalue weighted by Gasteiger charge is -2.30. The van der Waals surface area contributed by atoms with Gasteiger partial charge in [-0.05, 0) is 19.9 Å². The Kier molecular flexibility index (Phi) is 6.62. The van der Waals surface area contributed by atoms with Gasteiger partial charge < -0.3 is 19.6 Å². The highest BCUT2D eigenvalue weighted by Crippen LogP contribution is 2.35. The average molecular weight is 549 g/mol. The number of morpholine rings is 1. The summed E-state index contributed by atoms with van der Waals surface area (Å²) in [5.41, 5.74) is -3.07. The van der Waals surface area contributed by atoms with Crippen LogP contribution in [0.15, 0.2) is 38.5 Å². The monoisotopic (exact) mass is 549 g/mol. The topological polar surface area (TPSA) is 120 Å². The van der Waals surface area contributed by atoms with E-state index >= 15 is 0 Å². The molecule has 11 nitrogen and oxygen atoms in total. The van der Waals surface area contributed by atoms with Gasteiger partial charge in [-0.25, -0.2) is 13.7 Å². The van der Waals surface area contributed by atoms with Crippen LogP contribution in [0.4, 0.5) is 23.4 Å². The fraction of sp³-hybridized carbons (Fsp3) is 0.375. The molecule has 3 aromatic heterocycles. The number of pyridine rings is 1. The predicted molar refractivity (Wildman–Crippen MR) is 131 cm³/mol. The second-order valence-corrected chi connectivity index (χ2v) is 9.01. The van der Waals surface area contributed by atoms with Crippen LogP contribution in [0.5, 0.6) is 0 Å². The van der Waals surface area contributed by atoms with E-state index in [-0.39, 0.29) is 39.4 Å². The molecule has 1 atom stereocenters. The van der Waals surface area contributed by atoms with Gasteiger partial charge in [-0.1, -0.05) is 17.3 Å². The minimum absolute atomic E-state index is 0.0240. The van der Waals surface area contributed by atoms with Gasteiger partial charge in [0.1, 0.15) is 11.4 Å². The Labute approximate surface area is 217 Å². The zero-order chi connectivity index (χ0) is 28.1.